The standard InChI is InChI=1S/C54H87P3S3/c1-46(2,3)34-28-37(49(10,11)12)43(38(29-34)50(13,14)15)55-58-56(44-39(51(16,17)18)30-35(47(4,5)6)31-40(44)52(19,20)21)60-57(59-55)45-41(53(22,23)24)32-36(48(7,8)9)33-42(45)54(25,26)27/h28-33H,1-27H3. The van der Waals surface area contributed by atoms with Gasteiger partial charge in [-0.15, -0.1) is 0 Å². The maximum atomic E-state index is 2.64. The lowest BCUT2D eigenvalue weighted by molar-refractivity contribution is 0.553. The Morgan fingerprint density at radius 3 is 0.467 bits per heavy atom. The van der Waals surface area contributed by atoms with Gasteiger partial charge in [0.25, 0.3) is 0 Å². The Kier molecular flexibility index (Phi) is 14.9. The summed E-state index contributed by atoms with van der Waals surface area (Å²) < 4.78 is 0. The van der Waals surface area contributed by atoms with Crippen LogP contribution in [-0.2, 0) is 48.7 Å². The summed E-state index contributed by atoms with van der Waals surface area (Å²) in [6, 6.07) is 15.8. The summed E-state index contributed by atoms with van der Waals surface area (Å²) in [6.45, 7) is 66.1. The van der Waals surface area contributed by atoms with Crippen molar-refractivity contribution >= 4 is 67.9 Å². The molecule has 3 aromatic rings. The fourth-order valence-corrected chi connectivity index (χ4v) is 51.5. The van der Waals surface area contributed by atoms with Crippen molar-refractivity contribution in [2.24, 2.45) is 0 Å². The van der Waals surface area contributed by atoms with Gasteiger partial charge in [0.15, 0.2) is 0 Å². The van der Waals surface area contributed by atoms with Crippen LogP contribution >= 0.6 is 52.0 Å². The van der Waals surface area contributed by atoms with Crippen LogP contribution in [0, 0.1) is 0 Å². The molecule has 1 heterocycles. The van der Waals surface area contributed by atoms with Gasteiger partial charge in [-0.25, -0.2) is 0 Å². The van der Waals surface area contributed by atoms with E-state index < -0.39 is 19.0 Å². The third kappa shape index (κ3) is 11.9. The fraction of sp³-hybridized carbons (Fsp3) is 0.667. The molecular weight excluding hydrogens is 838 g/mol. The lowest BCUT2D eigenvalue weighted by Crippen LogP contribution is -2.33. The van der Waals surface area contributed by atoms with Crippen LogP contribution in [0.2, 0.25) is 0 Å². The maximum absolute atomic E-state index is 2.64. The SMILES string of the molecule is CC(C)(C)c1cc(C(C)(C)C)c(P2SP(c3c(C(C)(C)C)cc(C(C)(C)C)cc3C(C)(C)C)SP(c3c(C(C)(C)C)cc(C(C)(C)C)cc3C(C)(C)C)S2)c(C(C)(C)C)c1. The Morgan fingerprint density at radius 1 is 0.233 bits per heavy atom. The summed E-state index contributed by atoms with van der Waals surface area (Å²) in [5, 5.41) is 4.99. The lowest BCUT2D eigenvalue weighted by atomic mass is 9.75. The molecule has 6 heteroatoms. The van der Waals surface area contributed by atoms with Crippen molar-refractivity contribution in [3.8, 4) is 0 Å². The minimum absolute atomic E-state index is 0.000851. The number of hydrogen-bond donors (Lipinski definition) is 0. The summed E-state index contributed by atoms with van der Waals surface area (Å²) in [6.07, 6.45) is -2.08. The molecular formula is C54H87P3S3. The van der Waals surface area contributed by atoms with Crippen molar-refractivity contribution in [3.05, 3.63) is 86.5 Å². The first-order valence-corrected chi connectivity index (χ1v) is 32.6. The Balaban J connectivity index is 2.31. The van der Waals surface area contributed by atoms with E-state index in [1.54, 1.807) is 49.3 Å². The highest BCUT2D eigenvalue weighted by Gasteiger charge is 2.45. The summed E-state index contributed by atoms with van der Waals surface area (Å²) in [7, 11) is 0. The molecule has 0 unspecified atom stereocenters. The van der Waals surface area contributed by atoms with Crippen LogP contribution in [0.1, 0.15) is 237 Å². The van der Waals surface area contributed by atoms with Crippen LogP contribution in [-0.4, -0.2) is 0 Å². The van der Waals surface area contributed by atoms with Crippen molar-refractivity contribution in [1.82, 2.24) is 0 Å². The van der Waals surface area contributed by atoms with Gasteiger partial charge in [-0.05, 0) is 98.8 Å². The number of benzene rings is 3. The molecule has 0 amide bonds. The Labute approximate surface area is 387 Å². The highest BCUT2D eigenvalue weighted by Crippen LogP contribution is 2.96. The molecule has 336 valence electrons. The first-order valence-electron chi connectivity index (χ1n) is 22.5. The van der Waals surface area contributed by atoms with Crippen molar-refractivity contribution < 1.29 is 0 Å². The van der Waals surface area contributed by atoms with Crippen LogP contribution < -0.4 is 15.9 Å². The van der Waals surface area contributed by atoms with Gasteiger partial charge in [-0.1, -0.05) is 256 Å². The molecule has 1 aliphatic heterocycles. The van der Waals surface area contributed by atoms with E-state index in [4.69, 9.17) is 0 Å². The second-order valence-electron chi connectivity index (χ2n) is 27.0. The van der Waals surface area contributed by atoms with E-state index in [-0.39, 0.29) is 48.7 Å². The molecule has 60 heavy (non-hydrogen) atoms. The van der Waals surface area contributed by atoms with E-state index >= 15 is 0 Å². The number of rotatable bonds is 3. The average molecular weight is 925 g/mol. The number of hydrogen-bond acceptors (Lipinski definition) is 3. The summed E-state index contributed by atoms with van der Waals surface area (Å²) in [4.78, 5) is 0. The molecule has 0 nitrogen and oxygen atoms in total. The predicted molar refractivity (Wildman–Crippen MR) is 290 cm³/mol. The zero-order valence-electron chi connectivity index (χ0n) is 43.5. The zero-order chi connectivity index (χ0) is 46.5. The van der Waals surface area contributed by atoms with E-state index in [1.807, 2.05) is 0 Å². The highest BCUT2D eigenvalue weighted by molar-refractivity contribution is 9.37. The van der Waals surface area contributed by atoms with Crippen LogP contribution in [0.25, 0.3) is 0 Å². The summed E-state index contributed by atoms with van der Waals surface area (Å²) >= 11 is 7.17. The largest absolute Gasteiger partial charge is 0.0736 e. The topological polar surface area (TPSA) is 0 Å². The van der Waals surface area contributed by atoms with Gasteiger partial charge in [-0.3, -0.25) is 0 Å². The molecule has 1 aliphatic rings. The first-order chi connectivity index (χ1) is 26.4. The molecule has 0 radical (unpaired) electrons. The third-order valence-corrected chi connectivity index (χ3v) is 40.0. The molecule has 1 saturated heterocycles. The van der Waals surface area contributed by atoms with Gasteiger partial charge in [0.2, 0.25) is 0 Å². The van der Waals surface area contributed by atoms with Crippen LogP contribution in [0.4, 0.5) is 0 Å². The zero-order valence-corrected chi connectivity index (χ0v) is 48.7. The molecule has 0 aromatic heterocycles. The highest BCUT2D eigenvalue weighted by atomic mass is 33.6. The van der Waals surface area contributed by atoms with E-state index in [0.717, 1.165) is 0 Å². The average Bonchev–Trinajstić information content (AvgIpc) is 3.02. The van der Waals surface area contributed by atoms with E-state index in [0.29, 0.717) is 0 Å². The van der Waals surface area contributed by atoms with Crippen molar-refractivity contribution in [3.63, 3.8) is 0 Å². The van der Waals surface area contributed by atoms with Crippen LogP contribution in [0.5, 0.6) is 0 Å². The maximum Gasteiger partial charge on any atom is 0.0558 e. The summed E-state index contributed by atoms with van der Waals surface area (Å²) in [5.41, 5.74) is 13.9. The van der Waals surface area contributed by atoms with Crippen LogP contribution in [0.3, 0.4) is 0 Å². The van der Waals surface area contributed by atoms with Crippen molar-refractivity contribution in [1.29, 1.82) is 0 Å². The molecule has 4 rings (SSSR count). The molecule has 0 bridgehead atoms. The normalized spacial score (nSPS) is 19.6. The van der Waals surface area contributed by atoms with Crippen LogP contribution in [0.15, 0.2) is 36.4 Å². The van der Waals surface area contributed by atoms with Gasteiger partial charge in [0.1, 0.15) is 0 Å². The predicted octanol–water partition coefficient (Wildman–Crippen LogP) is 18.8. The molecule has 0 N–H and O–H groups in total. The second-order valence-corrected chi connectivity index (χ2v) is 44.9. The molecule has 0 spiro atoms. The lowest BCUT2D eigenvalue weighted by Gasteiger charge is -2.44. The molecule has 1 fully saturated rings. The minimum Gasteiger partial charge on any atom is -0.0736 e. The Bertz CT molecular complexity index is 1700. The Hall–Kier alpha value is -0.000000000000000111. The third-order valence-electron chi connectivity index (χ3n) is 11.8. The van der Waals surface area contributed by atoms with Crippen molar-refractivity contribution in [2.45, 2.75) is 236 Å². The quantitative estimate of drug-likeness (QED) is 0.240. The van der Waals surface area contributed by atoms with Gasteiger partial charge in [-0.2, -0.15) is 0 Å². The molecule has 0 saturated carbocycles. The van der Waals surface area contributed by atoms with E-state index in [1.165, 1.54) is 16.7 Å². The molecule has 0 atom stereocenters. The van der Waals surface area contributed by atoms with Gasteiger partial charge < -0.3 is 0 Å². The van der Waals surface area contributed by atoms with Gasteiger partial charge in [0, 0.05) is 15.9 Å². The fourth-order valence-electron chi connectivity index (χ4n) is 7.71. The summed E-state index contributed by atoms with van der Waals surface area (Å²) in [5.74, 6) is 0. The monoisotopic (exact) mass is 925 g/mol. The van der Waals surface area contributed by atoms with Gasteiger partial charge in [0.05, 0.1) is 19.0 Å². The van der Waals surface area contributed by atoms with Crippen molar-refractivity contribution in [2.75, 3.05) is 0 Å². The van der Waals surface area contributed by atoms with Gasteiger partial charge >= 0.3 is 0 Å². The molecule has 3 aromatic carbocycles. The smallest absolute Gasteiger partial charge is 0.0558 e. The Morgan fingerprint density at radius 2 is 0.367 bits per heavy atom. The van der Waals surface area contributed by atoms with E-state index in [2.05, 4.69) is 256 Å². The minimum atomic E-state index is -0.694. The second kappa shape index (κ2) is 17.0. The van der Waals surface area contributed by atoms with E-state index in [9.17, 15) is 0 Å². The first kappa shape index (κ1) is 52.6. The molecule has 0 aliphatic carbocycles.